The van der Waals surface area contributed by atoms with Crippen LogP contribution in [0.5, 0.6) is 11.5 Å². The van der Waals surface area contributed by atoms with Crippen LogP contribution in [0, 0.1) is 45.3 Å². The average molecular weight is 629 g/mol. The maximum atomic E-state index is 9.10. The lowest BCUT2D eigenvalue weighted by atomic mass is 10.2. The number of nitrogens with zero attached hydrogens (tertiary/aromatic N) is 10. The summed E-state index contributed by atoms with van der Waals surface area (Å²) in [7, 11) is 3.06. The molecule has 0 aliphatic carbocycles. The number of benzene rings is 1. The van der Waals surface area contributed by atoms with E-state index in [0.29, 0.717) is 63.3 Å². The Morgan fingerprint density at radius 2 is 1.07 bits per heavy atom. The molecular formula is C24H8N10O2S5. The summed E-state index contributed by atoms with van der Waals surface area (Å²) >= 11 is 6.45. The second-order valence-corrected chi connectivity index (χ2v) is 12.3. The normalized spacial score (nSPS) is 10.6. The van der Waals surface area contributed by atoms with Gasteiger partial charge in [0.05, 0.1) is 35.3 Å². The van der Waals surface area contributed by atoms with Gasteiger partial charge in [0.15, 0.2) is 0 Å². The predicted molar refractivity (Wildman–Crippen MR) is 160 cm³/mol. The minimum Gasteiger partial charge on any atom is -0.495 e. The number of rotatable bonds is 6. The van der Waals surface area contributed by atoms with Crippen molar-refractivity contribution in [2.75, 3.05) is 14.2 Å². The van der Waals surface area contributed by atoms with E-state index < -0.39 is 0 Å². The van der Waals surface area contributed by atoms with Gasteiger partial charge < -0.3 is 9.47 Å². The highest BCUT2D eigenvalue weighted by molar-refractivity contribution is 7.32. The van der Waals surface area contributed by atoms with Crippen LogP contribution in [0.3, 0.4) is 0 Å². The molecule has 196 valence electrons. The Morgan fingerprint density at radius 1 is 0.659 bits per heavy atom. The number of methoxy groups -OCH3 is 2. The van der Waals surface area contributed by atoms with Crippen molar-refractivity contribution in [3.05, 3.63) is 12.1 Å². The number of thiazole rings is 2. The van der Waals surface area contributed by atoms with Gasteiger partial charge >= 0.3 is 0 Å². The van der Waals surface area contributed by atoms with Crippen molar-refractivity contribution < 1.29 is 9.47 Å². The van der Waals surface area contributed by atoms with Crippen LogP contribution in [0.4, 0.5) is 10.0 Å². The second-order valence-electron chi connectivity index (χ2n) is 7.69. The van der Waals surface area contributed by atoms with Crippen LogP contribution in [0.25, 0.3) is 51.2 Å². The number of hydrogen-bond donors (Lipinski definition) is 0. The van der Waals surface area contributed by atoms with Crippen LogP contribution in [0.1, 0.15) is 0 Å². The molecule has 0 aliphatic heterocycles. The molecule has 0 atom stereocenters. The molecule has 0 amide bonds. The van der Waals surface area contributed by atoms with Crippen LogP contribution in [-0.4, -0.2) is 44.4 Å². The highest BCUT2D eigenvalue weighted by Gasteiger charge is 2.25. The maximum Gasteiger partial charge on any atom is 0.219 e. The Morgan fingerprint density at radius 3 is 1.44 bits per heavy atom. The van der Waals surface area contributed by atoms with Gasteiger partial charge in [-0.05, 0) is 0 Å². The molecular weight excluding hydrogens is 621 g/mol. The van der Waals surface area contributed by atoms with E-state index in [9.17, 15) is 0 Å². The van der Waals surface area contributed by atoms with Gasteiger partial charge in [-0.2, -0.15) is 29.8 Å². The van der Waals surface area contributed by atoms with E-state index in [2.05, 4.69) is 18.7 Å². The summed E-state index contributed by atoms with van der Waals surface area (Å²) in [6, 6.07) is 10.4. The van der Waals surface area contributed by atoms with Crippen molar-refractivity contribution in [1.29, 1.82) is 21.0 Å². The lowest BCUT2D eigenvalue weighted by Gasteiger charge is -1.97. The van der Waals surface area contributed by atoms with Gasteiger partial charge in [-0.3, -0.25) is 0 Å². The van der Waals surface area contributed by atoms with Crippen LogP contribution in [0.15, 0.2) is 22.1 Å². The smallest absolute Gasteiger partial charge is 0.219 e. The van der Waals surface area contributed by atoms with E-state index in [0.717, 1.165) is 21.1 Å². The van der Waals surface area contributed by atoms with E-state index in [1.807, 2.05) is 0 Å². The van der Waals surface area contributed by atoms with Gasteiger partial charge in [-0.1, -0.05) is 0 Å². The minimum absolute atomic E-state index is 0.256. The standard InChI is InChI=1S/C24H8N10O2S5/c1-35-11-3-13(29-9(5-25)6-26)37-19(11)23-31-17-15-16(34-41-33-15)18-22(21(17)39-23)40-24(32-18)20-12(36-2)4-14(38-20)30-10(7-27)8-28/h3-4H,1-2H3. The van der Waals surface area contributed by atoms with Gasteiger partial charge in [0.25, 0.3) is 0 Å². The Balaban J connectivity index is 1.55. The van der Waals surface area contributed by atoms with Gasteiger partial charge in [0, 0.05) is 12.1 Å². The van der Waals surface area contributed by atoms with Gasteiger partial charge in [0.1, 0.15) is 87.6 Å². The molecule has 0 radical (unpaired) electrons. The van der Waals surface area contributed by atoms with Crippen molar-refractivity contribution in [3.63, 3.8) is 0 Å². The number of aromatic nitrogens is 4. The second kappa shape index (κ2) is 10.6. The van der Waals surface area contributed by atoms with Crippen molar-refractivity contribution >= 4 is 110 Å². The summed E-state index contributed by atoms with van der Waals surface area (Å²) < 4.78 is 21.8. The molecule has 12 nitrogen and oxygen atoms in total. The monoisotopic (exact) mass is 628 g/mol. The van der Waals surface area contributed by atoms with Crippen LogP contribution in [-0.2, 0) is 0 Å². The molecule has 6 rings (SSSR count). The lowest BCUT2D eigenvalue weighted by Crippen LogP contribution is -1.84. The maximum absolute atomic E-state index is 9.10. The summed E-state index contributed by atoms with van der Waals surface area (Å²) in [6.07, 6.45) is 0. The number of hydrogen-bond acceptors (Lipinski definition) is 17. The van der Waals surface area contributed by atoms with E-state index in [1.165, 1.54) is 59.6 Å². The summed E-state index contributed by atoms with van der Waals surface area (Å²) in [5.74, 6) is 1.03. The van der Waals surface area contributed by atoms with E-state index in [1.54, 1.807) is 36.4 Å². The quantitative estimate of drug-likeness (QED) is 0.181. The van der Waals surface area contributed by atoms with E-state index in [-0.39, 0.29) is 11.4 Å². The topological polar surface area (TPSA) is 190 Å². The molecule has 0 aliphatic rings. The van der Waals surface area contributed by atoms with Crippen molar-refractivity contribution in [2.24, 2.45) is 9.98 Å². The Labute approximate surface area is 249 Å². The number of ether oxygens (including phenoxy) is 2. The fraction of sp³-hybridized carbons (Fsp3) is 0.0833. The zero-order valence-corrected chi connectivity index (χ0v) is 24.6. The Kier molecular flexibility index (Phi) is 6.81. The first-order chi connectivity index (χ1) is 20.0. The van der Waals surface area contributed by atoms with Crippen LogP contribution in [0.2, 0.25) is 0 Å². The third kappa shape index (κ3) is 4.44. The zero-order valence-electron chi connectivity index (χ0n) is 20.5. The largest absolute Gasteiger partial charge is 0.495 e. The Bertz CT molecular complexity index is 2070. The van der Waals surface area contributed by atoms with Gasteiger partial charge in [-0.25, -0.2) is 20.0 Å². The molecule has 17 heteroatoms. The molecule has 41 heavy (non-hydrogen) atoms. The van der Waals surface area contributed by atoms with E-state index >= 15 is 0 Å². The summed E-state index contributed by atoms with van der Waals surface area (Å²) in [6.45, 7) is 0. The predicted octanol–water partition coefficient (Wildman–Crippen LogP) is 6.62. The fourth-order valence-electron chi connectivity index (χ4n) is 3.77. The fourth-order valence-corrected chi connectivity index (χ4v) is 8.75. The number of fused-ring (bicyclic) bond motifs is 6. The first-order valence-electron chi connectivity index (χ1n) is 11.0. The summed E-state index contributed by atoms with van der Waals surface area (Å²) in [5, 5.41) is 38.6. The van der Waals surface area contributed by atoms with Crippen LogP contribution < -0.4 is 9.47 Å². The number of aliphatic imine (C=N–C) groups is 2. The first-order valence-corrected chi connectivity index (χ1v) is 15.0. The van der Waals surface area contributed by atoms with Crippen LogP contribution >= 0.6 is 57.1 Å². The average Bonchev–Trinajstić information content (AvgIpc) is 3.81. The molecule has 5 aromatic heterocycles. The Hall–Kier alpha value is -4.88. The molecule has 0 spiro atoms. The minimum atomic E-state index is -0.256. The zero-order chi connectivity index (χ0) is 28.7. The third-order valence-electron chi connectivity index (χ3n) is 5.46. The highest BCUT2D eigenvalue weighted by Crippen LogP contribution is 2.50. The third-order valence-corrected chi connectivity index (χ3v) is 10.6. The molecule has 5 heterocycles. The molecule has 0 bridgehead atoms. The van der Waals surface area contributed by atoms with Crippen molar-refractivity contribution in [1.82, 2.24) is 18.7 Å². The number of nitriles is 4. The summed E-state index contributed by atoms with van der Waals surface area (Å²) in [4.78, 5) is 19.4. The molecule has 0 saturated heterocycles. The van der Waals surface area contributed by atoms with Gasteiger partial charge in [-0.15, -0.1) is 45.3 Å². The molecule has 6 aromatic rings. The summed E-state index contributed by atoms with van der Waals surface area (Å²) in [5.41, 5.74) is 2.07. The van der Waals surface area contributed by atoms with E-state index in [4.69, 9.17) is 40.5 Å². The molecule has 0 N–H and O–H groups in total. The lowest BCUT2D eigenvalue weighted by molar-refractivity contribution is 0.418. The van der Waals surface area contributed by atoms with Gasteiger partial charge in [0.2, 0.25) is 11.4 Å². The molecule has 1 aromatic carbocycles. The number of thiophene rings is 2. The molecule has 0 unspecified atom stereocenters. The first kappa shape index (κ1) is 26.3. The van der Waals surface area contributed by atoms with Crippen molar-refractivity contribution in [2.45, 2.75) is 0 Å². The highest BCUT2D eigenvalue weighted by atomic mass is 32.1. The van der Waals surface area contributed by atoms with Crippen molar-refractivity contribution in [3.8, 4) is 55.5 Å². The molecule has 0 saturated carbocycles. The SMILES string of the molecule is COc1cc(N=C(C#N)C#N)sc1-c1nc2c3nsnc3c3nc(-c4sc(N=C(C#N)C#N)cc4OC)sc3c2s1. The molecule has 0 fully saturated rings.